The van der Waals surface area contributed by atoms with E-state index in [9.17, 15) is 9.59 Å². The van der Waals surface area contributed by atoms with Crippen molar-refractivity contribution in [3.8, 4) is 0 Å². The quantitative estimate of drug-likeness (QED) is 0.349. The molecule has 0 saturated heterocycles. The number of carbonyl (C=O) groups is 2. The van der Waals surface area contributed by atoms with Crippen LogP contribution >= 0.6 is 0 Å². The average molecular weight is 263 g/mol. The molecule has 0 aromatic heterocycles. The summed E-state index contributed by atoms with van der Waals surface area (Å²) in [7, 11) is 0. The minimum absolute atomic E-state index is 0.00278. The van der Waals surface area contributed by atoms with Crippen molar-refractivity contribution in [3.05, 3.63) is 0 Å². The van der Waals surface area contributed by atoms with Gasteiger partial charge in [-0.25, -0.2) is 0 Å². The molecule has 0 radical (unpaired) electrons. The highest BCUT2D eigenvalue weighted by Gasteiger charge is 1.95. The number of hydrogen-bond acceptors (Lipinski definition) is 5. The zero-order valence-electron chi connectivity index (χ0n) is 11.1. The van der Waals surface area contributed by atoms with Crippen molar-refractivity contribution in [1.29, 1.82) is 0 Å². The van der Waals surface area contributed by atoms with Gasteiger partial charge in [0.05, 0.1) is 13.1 Å². The number of hydrogen-bond donors (Lipinski definition) is 5. The van der Waals surface area contributed by atoms with Gasteiger partial charge in [0.2, 0.25) is 0 Å². The van der Waals surface area contributed by atoms with Gasteiger partial charge in [0.15, 0.2) is 0 Å². The minimum Gasteiger partial charge on any atom is -0.480 e. The average Bonchev–Trinajstić information content (AvgIpc) is 2.25. The monoisotopic (exact) mass is 263 g/mol. The predicted molar refractivity (Wildman–Crippen MR) is 69.5 cm³/mol. The molecular weight excluding hydrogens is 238 g/mol. The molecule has 0 spiro atoms. The van der Waals surface area contributed by atoms with Crippen molar-refractivity contribution in [2.75, 3.05) is 32.7 Å². The van der Waals surface area contributed by atoms with Crippen molar-refractivity contribution in [2.45, 2.75) is 20.3 Å². The summed E-state index contributed by atoms with van der Waals surface area (Å²) in [4.78, 5) is 19.8. The Kier molecular flexibility index (Phi) is 14.8. The Labute approximate surface area is 108 Å². The van der Waals surface area contributed by atoms with Crippen molar-refractivity contribution in [3.63, 3.8) is 0 Å². The molecule has 0 bridgehead atoms. The summed E-state index contributed by atoms with van der Waals surface area (Å²) >= 11 is 0. The molecule has 18 heavy (non-hydrogen) atoms. The lowest BCUT2D eigenvalue weighted by Crippen LogP contribution is -2.27. The molecule has 0 rings (SSSR count). The maximum atomic E-state index is 9.98. The zero-order chi connectivity index (χ0) is 14.4. The predicted octanol–water partition coefficient (Wildman–Crippen LogP) is -0.674. The van der Waals surface area contributed by atoms with Crippen LogP contribution in [-0.2, 0) is 9.59 Å². The molecule has 0 aliphatic rings. The highest BCUT2D eigenvalue weighted by Crippen LogP contribution is 1.95. The van der Waals surface area contributed by atoms with Gasteiger partial charge >= 0.3 is 11.9 Å². The van der Waals surface area contributed by atoms with Crippen LogP contribution in [-0.4, -0.2) is 54.9 Å². The van der Waals surface area contributed by atoms with Crippen LogP contribution in [0.1, 0.15) is 20.3 Å². The van der Waals surface area contributed by atoms with Crippen LogP contribution in [0.15, 0.2) is 0 Å². The smallest absolute Gasteiger partial charge is 0.317 e. The van der Waals surface area contributed by atoms with Crippen LogP contribution in [0.4, 0.5) is 0 Å². The van der Waals surface area contributed by atoms with Gasteiger partial charge in [-0.3, -0.25) is 9.59 Å². The second-order valence-corrected chi connectivity index (χ2v) is 4.11. The second kappa shape index (κ2) is 13.9. The first-order valence-corrected chi connectivity index (χ1v) is 5.95. The van der Waals surface area contributed by atoms with Crippen LogP contribution in [0.25, 0.3) is 0 Å². The summed E-state index contributed by atoms with van der Waals surface area (Å²) in [6.45, 7) is 6.14. The van der Waals surface area contributed by atoms with E-state index < -0.39 is 11.9 Å². The van der Waals surface area contributed by atoms with Crippen molar-refractivity contribution < 1.29 is 19.8 Å². The van der Waals surface area contributed by atoms with Crippen LogP contribution in [0.3, 0.4) is 0 Å². The fourth-order valence-electron chi connectivity index (χ4n) is 0.883. The fourth-order valence-corrected chi connectivity index (χ4v) is 0.883. The van der Waals surface area contributed by atoms with Crippen molar-refractivity contribution in [1.82, 2.24) is 10.6 Å². The second-order valence-electron chi connectivity index (χ2n) is 4.11. The molecule has 0 aromatic rings. The lowest BCUT2D eigenvalue weighted by molar-refractivity contribution is -0.136. The molecule has 0 unspecified atom stereocenters. The van der Waals surface area contributed by atoms with E-state index in [2.05, 4.69) is 24.5 Å². The summed E-state index contributed by atoms with van der Waals surface area (Å²) in [6.07, 6.45) is 1.04. The van der Waals surface area contributed by atoms with Gasteiger partial charge in [-0.2, -0.15) is 0 Å². The van der Waals surface area contributed by atoms with Gasteiger partial charge < -0.3 is 26.6 Å². The Bertz CT molecular complexity index is 222. The van der Waals surface area contributed by atoms with E-state index in [1.54, 1.807) is 0 Å². The molecular formula is C11H25N3O4. The molecule has 0 amide bonds. The lowest BCUT2D eigenvalue weighted by atomic mass is 10.1. The van der Waals surface area contributed by atoms with E-state index in [1.807, 2.05) is 0 Å². The Balaban J connectivity index is 0. The largest absolute Gasteiger partial charge is 0.480 e. The zero-order valence-corrected chi connectivity index (χ0v) is 11.1. The van der Waals surface area contributed by atoms with Crippen LogP contribution in [0.2, 0.25) is 0 Å². The highest BCUT2D eigenvalue weighted by molar-refractivity contribution is 5.69. The van der Waals surface area contributed by atoms with Gasteiger partial charge in [-0.1, -0.05) is 13.8 Å². The molecule has 0 saturated carbocycles. The third-order valence-corrected chi connectivity index (χ3v) is 1.77. The molecule has 0 aliphatic carbocycles. The SMILES string of the molecule is CC(C)CCNCC(=O)O.NCCNCC(=O)O. The molecule has 0 fully saturated rings. The molecule has 0 aromatic carbocycles. The number of rotatable bonds is 9. The van der Waals surface area contributed by atoms with Gasteiger partial charge in [0, 0.05) is 13.1 Å². The standard InChI is InChI=1S/C7H15NO2.C4H10N2O2/c1-6(2)3-4-8-5-7(9)10;5-1-2-6-3-4(7)8/h6,8H,3-5H2,1-2H3,(H,9,10);6H,1-3,5H2,(H,7,8). The Morgan fingerprint density at radius 1 is 1.06 bits per heavy atom. The first-order valence-electron chi connectivity index (χ1n) is 5.95. The third kappa shape index (κ3) is 24.2. The topological polar surface area (TPSA) is 125 Å². The van der Waals surface area contributed by atoms with E-state index in [1.165, 1.54) is 0 Å². The van der Waals surface area contributed by atoms with Gasteiger partial charge in [0.25, 0.3) is 0 Å². The minimum atomic E-state index is -0.849. The molecule has 7 nitrogen and oxygen atoms in total. The number of carboxylic acids is 2. The van der Waals surface area contributed by atoms with Crippen LogP contribution < -0.4 is 16.4 Å². The normalized spacial score (nSPS) is 9.78. The lowest BCUT2D eigenvalue weighted by Gasteiger charge is -2.03. The summed E-state index contributed by atoms with van der Waals surface area (Å²) in [5.74, 6) is -0.997. The molecule has 6 N–H and O–H groups in total. The Morgan fingerprint density at radius 3 is 1.83 bits per heavy atom. The molecule has 0 atom stereocenters. The first kappa shape index (κ1) is 19.2. The maximum absolute atomic E-state index is 9.98. The number of nitrogens with one attached hydrogen (secondary N) is 2. The van der Waals surface area contributed by atoms with Gasteiger partial charge in [-0.15, -0.1) is 0 Å². The van der Waals surface area contributed by atoms with E-state index in [-0.39, 0.29) is 13.1 Å². The number of aliphatic carboxylic acids is 2. The Hall–Kier alpha value is -1.18. The van der Waals surface area contributed by atoms with E-state index >= 15 is 0 Å². The highest BCUT2D eigenvalue weighted by atomic mass is 16.4. The van der Waals surface area contributed by atoms with Crippen molar-refractivity contribution in [2.24, 2.45) is 11.7 Å². The summed E-state index contributed by atoms with van der Waals surface area (Å²) in [6, 6.07) is 0. The van der Waals surface area contributed by atoms with E-state index in [0.717, 1.165) is 13.0 Å². The number of nitrogens with two attached hydrogens (primary N) is 1. The Morgan fingerprint density at radius 2 is 1.50 bits per heavy atom. The summed E-state index contributed by atoms with van der Waals surface area (Å²) in [5, 5.41) is 21.7. The number of carboxylic acid groups (broad SMARTS) is 2. The van der Waals surface area contributed by atoms with Gasteiger partial charge in [-0.05, 0) is 18.9 Å². The van der Waals surface area contributed by atoms with Crippen molar-refractivity contribution >= 4 is 11.9 Å². The van der Waals surface area contributed by atoms with Crippen LogP contribution in [0.5, 0.6) is 0 Å². The third-order valence-electron chi connectivity index (χ3n) is 1.77. The van der Waals surface area contributed by atoms with Crippen LogP contribution in [0, 0.1) is 5.92 Å². The molecule has 0 aliphatic heterocycles. The fraction of sp³-hybridized carbons (Fsp3) is 0.818. The van der Waals surface area contributed by atoms with E-state index in [0.29, 0.717) is 19.0 Å². The first-order chi connectivity index (χ1) is 8.40. The molecule has 7 heteroatoms. The van der Waals surface area contributed by atoms with E-state index in [4.69, 9.17) is 15.9 Å². The van der Waals surface area contributed by atoms with Gasteiger partial charge in [0.1, 0.15) is 0 Å². The summed E-state index contributed by atoms with van der Waals surface area (Å²) in [5.41, 5.74) is 5.06. The maximum Gasteiger partial charge on any atom is 0.317 e. The molecule has 0 heterocycles. The molecule has 108 valence electrons. The summed E-state index contributed by atoms with van der Waals surface area (Å²) < 4.78 is 0.